The van der Waals surface area contributed by atoms with Gasteiger partial charge in [-0.3, -0.25) is 9.59 Å². The summed E-state index contributed by atoms with van der Waals surface area (Å²) in [6, 6.07) is 14.4. The molecule has 6 heteroatoms. The fourth-order valence-electron chi connectivity index (χ4n) is 2.27. The quantitative estimate of drug-likeness (QED) is 0.918. The number of nitriles is 1. The fraction of sp³-hybridized carbons (Fsp3) is 0.167. The molecule has 0 saturated heterocycles. The predicted molar refractivity (Wildman–Crippen MR) is 87.9 cm³/mol. The third-order valence-corrected chi connectivity index (χ3v) is 3.43. The number of carbonyl (C=O) groups is 2. The second-order valence-corrected chi connectivity index (χ2v) is 5.04. The van der Waals surface area contributed by atoms with Crippen molar-refractivity contribution < 1.29 is 14.0 Å². The SMILES string of the molecule is CC(=O)N(CCNC(=O)c1ccccc1F)c1ccccc1C#N. The molecule has 2 aromatic rings. The van der Waals surface area contributed by atoms with Crippen LogP contribution < -0.4 is 10.2 Å². The highest BCUT2D eigenvalue weighted by molar-refractivity contribution is 5.95. The number of halogens is 1. The van der Waals surface area contributed by atoms with Crippen LogP contribution in [-0.4, -0.2) is 24.9 Å². The minimum atomic E-state index is -0.603. The van der Waals surface area contributed by atoms with Crippen molar-refractivity contribution in [3.8, 4) is 6.07 Å². The van der Waals surface area contributed by atoms with Crippen LogP contribution in [-0.2, 0) is 4.79 Å². The van der Waals surface area contributed by atoms with Gasteiger partial charge in [-0.25, -0.2) is 4.39 Å². The van der Waals surface area contributed by atoms with Crippen molar-refractivity contribution in [1.29, 1.82) is 5.26 Å². The second kappa shape index (κ2) is 7.88. The molecule has 0 aliphatic carbocycles. The smallest absolute Gasteiger partial charge is 0.254 e. The number of benzene rings is 2. The van der Waals surface area contributed by atoms with E-state index in [0.29, 0.717) is 11.3 Å². The van der Waals surface area contributed by atoms with Crippen LogP contribution in [0.2, 0.25) is 0 Å². The predicted octanol–water partition coefficient (Wildman–Crippen LogP) is 2.48. The summed E-state index contributed by atoms with van der Waals surface area (Å²) in [5, 5.41) is 11.7. The molecule has 0 fully saturated rings. The molecule has 2 amide bonds. The Balaban J connectivity index is 2.06. The Morgan fingerprint density at radius 3 is 2.50 bits per heavy atom. The minimum Gasteiger partial charge on any atom is -0.350 e. The van der Waals surface area contributed by atoms with E-state index in [2.05, 4.69) is 5.32 Å². The molecule has 0 heterocycles. The first-order valence-corrected chi connectivity index (χ1v) is 7.34. The van der Waals surface area contributed by atoms with Gasteiger partial charge in [0.15, 0.2) is 0 Å². The number of para-hydroxylation sites is 1. The van der Waals surface area contributed by atoms with Gasteiger partial charge in [0.25, 0.3) is 5.91 Å². The zero-order valence-corrected chi connectivity index (χ0v) is 13.1. The van der Waals surface area contributed by atoms with E-state index < -0.39 is 11.7 Å². The van der Waals surface area contributed by atoms with Crippen LogP contribution in [0.15, 0.2) is 48.5 Å². The number of carbonyl (C=O) groups excluding carboxylic acids is 2. The Labute approximate surface area is 139 Å². The molecule has 0 aliphatic heterocycles. The van der Waals surface area contributed by atoms with Crippen LogP contribution in [0.4, 0.5) is 10.1 Å². The number of rotatable bonds is 5. The van der Waals surface area contributed by atoms with Crippen molar-refractivity contribution in [3.63, 3.8) is 0 Å². The van der Waals surface area contributed by atoms with Crippen molar-refractivity contribution in [1.82, 2.24) is 5.32 Å². The summed E-state index contributed by atoms with van der Waals surface area (Å²) >= 11 is 0. The molecule has 5 nitrogen and oxygen atoms in total. The molecule has 24 heavy (non-hydrogen) atoms. The molecule has 0 atom stereocenters. The highest BCUT2D eigenvalue weighted by atomic mass is 19.1. The molecule has 2 rings (SSSR count). The van der Waals surface area contributed by atoms with E-state index in [1.807, 2.05) is 6.07 Å². The lowest BCUT2D eigenvalue weighted by molar-refractivity contribution is -0.116. The van der Waals surface area contributed by atoms with Crippen LogP contribution in [0.3, 0.4) is 0 Å². The molecule has 0 aromatic heterocycles. The third kappa shape index (κ3) is 3.96. The van der Waals surface area contributed by atoms with E-state index >= 15 is 0 Å². The Kier molecular flexibility index (Phi) is 5.63. The zero-order valence-electron chi connectivity index (χ0n) is 13.1. The van der Waals surface area contributed by atoms with Gasteiger partial charge in [0.05, 0.1) is 16.8 Å². The lowest BCUT2D eigenvalue weighted by atomic mass is 10.1. The molecule has 122 valence electrons. The molecule has 0 spiro atoms. The molecule has 2 aromatic carbocycles. The number of nitrogens with zero attached hydrogens (tertiary/aromatic N) is 2. The van der Waals surface area contributed by atoms with Crippen LogP contribution in [0.5, 0.6) is 0 Å². The van der Waals surface area contributed by atoms with Gasteiger partial charge in [-0.05, 0) is 24.3 Å². The summed E-state index contributed by atoms with van der Waals surface area (Å²) in [4.78, 5) is 25.2. The molecule has 0 saturated carbocycles. The lowest BCUT2D eigenvalue weighted by Gasteiger charge is -2.22. The fourth-order valence-corrected chi connectivity index (χ4v) is 2.27. The summed E-state index contributed by atoms with van der Waals surface area (Å²) in [7, 11) is 0. The number of hydrogen-bond acceptors (Lipinski definition) is 3. The van der Waals surface area contributed by atoms with E-state index in [4.69, 9.17) is 5.26 Å². The van der Waals surface area contributed by atoms with E-state index in [-0.39, 0.29) is 24.6 Å². The lowest BCUT2D eigenvalue weighted by Crippen LogP contribution is -2.38. The maximum absolute atomic E-state index is 13.6. The Morgan fingerprint density at radius 2 is 1.83 bits per heavy atom. The summed E-state index contributed by atoms with van der Waals surface area (Å²) in [5.41, 5.74) is 0.796. The van der Waals surface area contributed by atoms with Crippen molar-refractivity contribution in [2.24, 2.45) is 0 Å². The number of nitrogens with one attached hydrogen (secondary N) is 1. The minimum absolute atomic E-state index is 0.0516. The van der Waals surface area contributed by atoms with Crippen molar-refractivity contribution in [2.75, 3.05) is 18.0 Å². The number of amides is 2. The zero-order chi connectivity index (χ0) is 17.5. The Bertz CT molecular complexity index is 799. The van der Waals surface area contributed by atoms with Gasteiger partial charge < -0.3 is 10.2 Å². The van der Waals surface area contributed by atoms with Gasteiger partial charge in [-0.1, -0.05) is 24.3 Å². The summed E-state index contributed by atoms with van der Waals surface area (Å²) in [6.07, 6.45) is 0. The molecule has 0 bridgehead atoms. The second-order valence-electron chi connectivity index (χ2n) is 5.04. The molecule has 0 unspecified atom stereocenters. The Morgan fingerprint density at radius 1 is 1.17 bits per heavy atom. The van der Waals surface area contributed by atoms with Gasteiger partial charge in [0.1, 0.15) is 11.9 Å². The van der Waals surface area contributed by atoms with Crippen LogP contribution in [0.1, 0.15) is 22.8 Å². The Hall–Kier alpha value is -3.20. The highest BCUT2D eigenvalue weighted by Crippen LogP contribution is 2.19. The van der Waals surface area contributed by atoms with Gasteiger partial charge in [0.2, 0.25) is 5.91 Å². The van der Waals surface area contributed by atoms with Gasteiger partial charge in [0, 0.05) is 20.0 Å². The summed E-state index contributed by atoms with van der Waals surface area (Å²) < 4.78 is 13.6. The maximum atomic E-state index is 13.6. The van der Waals surface area contributed by atoms with Crippen molar-refractivity contribution in [3.05, 3.63) is 65.5 Å². The standard InChI is InChI=1S/C18H16FN3O2/c1-13(23)22(17-9-5-2-6-14(17)12-20)11-10-21-18(24)15-7-3-4-8-16(15)19/h2-9H,10-11H2,1H3,(H,21,24). The normalized spacial score (nSPS) is 9.88. The molecule has 1 N–H and O–H groups in total. The van der Waals surface area contributed by atoms with E-state index in [0.717, 1.165) is 0 Å². The topological polar surface area (TPSA) is 73.2 Å². The molecule has 0 aliphatic rings. The summed E-state index contributed by atoms with van der Waals surface area (Å²) in [5.74, 6) is -1.41. The molecular weight excluding hydrogens is 309 g/mol. The first kappa shape index (κ1) is 17.2. The van der Waals surface area contributed by atoms with Crippen LogP contribution in [0, 0.1) is 17.1 Å². The third-order valence-electron chi connectivity index (χ3n) is 3.43. The van der Waals surface area contributed by atoms with Gasteiger partial charge in [-0.2, -0.15) is 5.26 Å². The number of hydrogen-bond donors (Lipinski definition) is 1. The maximum Gasteiger partial charge on any atom is 0.254 e. The average Bonchev–Trinajstić information content (AvgIpc) is 2.58. The average molecular weight is 325 g/mol. The van der Waals surface area contributed by atoms with Crippen molar-refractivity contribution >= 4 is 17.5 Å². The molecule has 0 radical (unpaired) electrons. The van der Waals surface area contributed by atoms with Crippen LogP contribution >= 0.6 is 0 Å². The van der Waals surface area contributed by atoms with Gasteiger partial charge in [-0.15, -0.1) is 0 Å². The number of anilines is 1. The first-order valence-electron chi connectivity index (χ1n) is 7.34. The summed E-state index contributed by atoms with van der Waals surface area (Å²) in [6.45, 7) is 1.69. The monoisotopic (exact) mass is 325 g/mol. The van der Waals surface area contributed by atoms with E-state index in [9.17, 15) is 14.0 Å². The van der Waals surface area contributed by atoms with Gasteiger partial charge >= 0.3 is 0 Å². The largest absolute Gasteiger partial charge is 0.350 e. The van der Waals surface area contributed by atoms with E-state index in [1.165, 1.54) is 30.0 Å². The molecular formula is C18H16FN3O2. The van der Waals surface area contributed by atoms with Crippen molar-refractivity contribution in [2.45, 2.75) is 6.92 Å². The van der Waals surface area contributed by atoms with E-state index in [1.54, 1.807) is 30.3 Å². The first-order chi connectivity index (χ1) is 11.5. The van der Waals surface area contributed by atoms with Crippen LogP contribution in [0.25, 0.3) is 0 Å². The highest BCUT2D eigenvalue weighted by Gasteiger charge is 2.16.